The fourth-order valence-corrected chi connectivity index (χ4v) is 1.35. The van der Waals surface area contributed by atoms with E-state index in [9.17, 15) is 4.55 Å². The minimum absolute atomic E-state index is 0. The molecular formula is C9H11CsOS. The van der Waals surface area contributed by atoms with Crippen LogP contribution in [0.15, 0.2) is 24.3 Å². The Balaban J connectivity index is 0.00000121. The molecule has 0 N–H and O–H groups in total. The third-order valence-corrected chi connectivity index (χ3v) is 1.93. The van der Waals surface area contributed by atoms with Crippen LogP contribution in [0.4, 0.5) is 0 Å². The summed E-state index contributed by atoms with van der Waals surface area (Å²) in [5.74, 6) is 0.670. The summed E-state index contributed by atoms with van der Waals surface area (Å²) in [5.41, 5.74) is 2.52. The third-order valence-electron chi connectivity index (χ3n) is 1.56. The molecule has 1 nitrogen and oxygen atoms in total. The molecule has 0 atom stereocenters. The maximum Gasteiger partial charge on any atom is 1.00 e. The molecule has 0 aliphatic heterocycles. The predicted octanol–water partition coefficient (Wildman–Crippen LogP) is -0.595. The molecule has 0 fully saturated rings. The molecule has 0 saturated heterocycles. The molecule has 60 valence electrons. The molecule has 1 aromatic carbocycles. The van der Waals surface area contributed by atoms with Gasteiger partial charge in [0.2, 0.25) is 0 Å². The van der Waals surface area contributed by atoms with Gasteiger partial charge in [0, 0.05) is 0 Å². The van der Waals surface area contributed by atoms with Gasteiger partial charge in [-0.05, 0) is 24.7 Å². The van der Waals surface area contributed by atoms with Crippen molar-refractivity contribution in [3.05, 3.63) is 35.4 Å². The normalized spacial score (nSPS) is 9.17. The van der Waals surface area contributed by atoms with E-state index in [0.29, 0.717) is 17.8 Å². The van der Waals surface area contributed by atoms with Gasteiger partial charge in [0.1, 0.15) is 0 Å². The molecule has 0 aliphatic rings. The SMILES string of the molecule is Cc1cccc(CCS[O-])c1.[Cs+]. The van der Waals surface area contributed by atoms with Crippen LogP contribution < -0.4 is 68.9 Å². The van der Waals surface area contributed by atoms with Crippen molar-refractivity contribution >= 4 is 12.0 Å². The van der Waals surface area contributed by atoms with E-state index in [-0.39, 0.29) is 68.9 Å². The molecule has 0 aromatic heterocycles. The van der Waals surface area contributed by atoms with Gasteiger partial charge in [-0.25, -0.2) is 0 Å². The van der Waals surface area contributed by atoms with Crippen molar-refractivity contribution in [2.45, 2.75) is 13.3 Å². The molecule has 0 radical (unpaired) electrons. The summed E-state index contributed by atoms with van der Waals surface area (Å²) >= 11 is 0.652. The summed E-state index contributed by atoms with van der Waals surface area (Å²) in [7, 11) is 0. The maximum atomic E-state index is 10.1. The molecule has 12 heavy (non-hydrogen) atoms. The summed E-state index contributed by atoms with van der Waals surface area (Å²) in [6.45, 7) is 2.06. The van der Waals surface area contributed by atoms with E-state index in [1.54, 1.807) is 0 Å². The topological polar surface area (TPSA) is 23.1 Å². The zero-order valence-corrected chi connectivity index (χ0v) is 14.6. The first-order valence-corrected chi connectivity index (χ1v) is 4.54. The van der Waals surface area contributed by atoms with Crippen molar-refractivity contribution in [3.63, 3.8) is 0 Å². The molecule has 1 aromatic rings. The minimum Gasteiger partial charge on any atom is -0.799 e. The number of aryl methyl sites for hydroxylation is 2. The smallest absolute Gasteiger partial charge is 0.799 e. The zero-order chi connectivity index (χ0) is 8.10. The summed E-state index contributed by atoms with van der Waals surface area (Å²) in [6.07, 6.45) is 0.885. The van der Waals surface area contributed by atoms with Crippen molar-refractivity contribution in [2.24, 2.45) is 0 Å². The van der Waals surface area contributed by atoms with E-state index in [2.05, 4.69) is 25.1 Å². The molecule has 0 saturated carbocycles. The Labute approximate surface area is 137 Å². The van der Waals surface area contributed by atoms with Gasteiger partial charge in [-0.2, -0.15) is 0 Å². The van der Waals surface area contributed by atoms with Gasteiger partial charge in [-0.3, -0.25) is 12.0 Å². The van der Waals surface area contributed by atoms with E-state index < -0.39 is 0 Å². The van der Waals surface area contributed by atoms with Gasteiger partial charge in [0.05, 0.1) is 0 Å². The Morgan fingerprint density at radius 1 is 1.42 bits per heavy atom. The maximum absolute atomic E-state index is 10.1. The van der Waals surface area contributed by atoms with Crippen LogP contribution in [0.5, 0.6) is 0 Å². The monoisotopic (exact) mass is 300 g/mol. The second-order valence-electron chi connectivity index (χ2n) is 2.56. The van der Waals surface area contributed by atoms with E-state index >= 15 is 0 Å². The third kappa shape index (κ3) is 5.34. The van der Waals surface area contributed by atoms with Crippen molar-refractivity contribution in [1.82, 2.24) is 0 Å². The van der Waals surface area contributed by atoms with Gasteiger partial charge in [0.25, 0.3) is 0 Å². The molecule has 0 amide bonds. The number of rotatable bonds is 3. The molecule has 0 heterocycles. The van der Waals surface area contributed by atoms with Crippen LogP contribution in [-0.4, -0.2) is 10.3 Å². The van der Waals surface area contributed by atoms with Gasteiger partial charge in [-0.1, -0.05) is 29.8 Å². The molecule has 0 unspecified atom stereocenters. The minimum atomic E-state index is 0. The van der Waals surface area contributed by atoms with Crippen LogP contribution in [0.2, 0.25) is 0 Å². The number of benzene rings is 1. The van der Waals surface area contributed by atoms with Gasteiger partial charge < -0.3 is 4.55 Å². The van der Waals surface area contributed by atoms with Crippen LogP contribution >= 0.6 is 12.0 Å². The quantitative estimate of drug-likeness (QED) is 0.696. The Kier molecular flexibility index (Phi) is 8.98. The van der Waals surface area contributed by atoms with Crippen LogP contribution in [0.25, 0.3) is 0 Å². The van der Waals surface area contributed by atoms with E-state index in [0.717, 1.165) is 6.42 Å². The van der Waals surface area contributed by atoms with Gasteiger partial charge >= 0.3 is 68.9 Å². The summed E-state index contributed by atoms with van der Waals surface area (Å²) in [6, 6.07) is 8.27. The molecule has 0 aliphatic carbocycles. The number of hydrogen-bond acceptors (Lipinski definition) is 2. The van der Waals surface area contributed by atoms with Gasteiger partial charge in [0.15, 0.2) is 0 Å². The molecule has 0 spiro atoms. The van der Waals surface area contributed by atoms with Crippen LogP contribution in [-0.2, 0) is 6.42 Å². The molecule has 1 rings (SSSR count). The number of hydrogen-bond donors (Lipinski definition) is 0. The predicted molar refractivity (Wildman–Crippen MR) is 48.1 cm³/mol. The first-order chi connectivity index (χ1) is 5.33. The zero-order valence-electron chi connectivity index (χ0n) is 7.54. The second-order valence-corrected chi connectivity index (χ2v) is 3.20. The molecule has 0 bridgehead atoms. The summed E-state index contributed by atoms with van der Waals surface area (Å²) < 4.78 is 10.1. The Morgan fingerprint density at radius 3 is 2.75 bits per heavy atom. The molecular weight excluding hydrogens is 289 g/mol. The Hall–Kier alpha value is 1.58. The fraction of sp³-hybridized carbons (Fsp3) is 0.333. The summed E-state index contributed by atoms with van der Waals surface area (Å²) in [4.78, 5) is 0. The van der Waals surface area contributed by atoms with Crippen molar-refractivity contribution in [1.29, 1.82) is 0 Å². The molecule has 3 heteroatoms. The fourth-order valence-electron chi connectivity index (χ4n) is 1.03. The van der Waals surface area contributed by atoms with Crippen molar-refractivity contribution < 1.29 is 73.4 Å². The van der Waals surface area contributed by atoms with E-state index in [4.69, 9.17) is 0 Å². The Morgan fingerprint density at radius 2 is 2.17 bits per heavy atom. The average molecular weight is 300 g/mol. The van der Waals surface area contributed by atoms with Gasteiger partial charge in [-0.15, -0.1) is 0 Å². The van der Waals surface area contributed by atoms with Crippen molar-refractivity contribution in [2.75, 3.05) is 5.75 Å². The van der Waals surface area contributed by atoms with Crippen LogP contribution in [0, 0.1) is 6.92 Å². The van der Waals surface area contributed by atoms with E-state index in [1.165, 1.54) is 11.1 Å². The largest absolute Gasteiger partial charge is 1.00 e. The van der Waals surface area contributed by atoms with Crippen LogP contribution in [0.3, 0.4) is 0 Å². The first kappa shape index (κ1) is 13.6. The summed E-state index contributed by atoms with van der Waals surface area (Å²) in [5, 5.41) is 0. The Bertz CT molecular complexity index is 228. The van der Waals surface area contributed by atoms with E-state index in [1.807, 2.05) is 6.07 Å². The average Bonchev–Trinajstić information content (AvgIpc) is 2.01. The standard InChI is InChI=1S/C9H12OS.Cs/c1-8-3-2-4-9(7-8)5-6-11-10;/h2-4,7,10H,5-6H2,1H3;/q;+1/p-1. The first-order valence-electron chi connectivity index (χ1n) is 3.63. The second kappa shape index (κ2) is 7.94. The van der Waals surface area contributed by atoms with Crippen molar-refractivity contribution in [3.8, 4) is 0 Å². The van der Waals surface area contributed by atoms with Crippen LogP contribution in [0.1, 0.15) is 11.1 Å².